The first kappa shape index (κ1) is 12.9. The topological polar surface area (TPSA) is 116 Å². The molecule has 0 saturated heterocycles. The minimum Gasteiger partial charge on any atom is -0.462 e. The van der Waals surface area contributed by atoms with E-state index < -0.39 is 16.6 Å². The van der Waals surface area contributed by atoms with Gasteiger partial charge in [-0.3, -0.25) is 10.1 Å². The molecule has 0 aliphatic carbocycles. The number of ether oxygens (including phenoxy) is 1. The zero-order valence-corrected chi connectivity index (χ0v) is 8.96. The van der Waals surface area contributed by atoms with Gasteiger partial charge in [-0.25, -0.2) is 4.79 Å². The average Bonchev–Trinajstić information content (AvgIpc) is 2.28. The number of nitro benzene ring substituents is 1. The van der Waals surface area contributed by atoms with E-state index in [1.807, 2.05) is 0 Å². The standard InChI is InChI=1S/C10H12N2O5/c11-8-4-1-3-7(9(8)12(15)16)10(14)17-6-2-5-13/h1,3-4,13H,2,5-6,11H2. The first-order valence-electron chi connectivity index (χ1n) is 4.88. The van der Waals surface area contributed by atoms with Crippen LogP contribution in [-0.4, -0.2) is 29.2 Å². The highest BCUT2D eigenvalue weighted by atomic mass is 16.6. The van der Waals surface area contributed by atoms with E-state index in [9.17, 15) is 14.9 Å². The molecule has 7 heteroatoms. The summed E-state index contributed by atoms with van der Waals surface area (Å²) in [5, 5.41) is 19.3. The summed E-state index contributed by atoms with van der Waals surface area (Å²) in [5.74, 6) is -0.822. The van der Waals surface area contributed by atoms with Gasteiger partial charge in [-0.15, -0.1) is 0 Å². The van der Waals surface area contributed by atoms with Crippen LogP contribution in [0.2, 0.25) is 0 Å². The van der Waals surface area contributed by atoms with Gasteiger partial charge in [-0.1, -0.05) is 6.07 Å². The Balaban J connectivity index is 2.93. The number of nitrogens with zero attached hydrogens (tertiary/aromatic N) is 1. The van der Waals surface area contributed by atoms with E-state index in [-0.39, 0.29) is 30.9 Å². The minimum atomic E-state index is -0.822. The Hall–Kier alpha value is -2.15. The molecule has 0 saturated carbocycles. The third-order valence-electron chi connectivity index (χ3n) is 2.01. The monoisotopic (exact) mass is 240 g/mol. The SMILES string of the molecule is Nc1cccc(C(=O)OCCCO)c1[N+](=O)[O-]. The van der Waals surface area contributed by atoms with Gasteiger partial charge < -0.3 is 15.6 Å². The largest absolute Gasteiger partial charge is 0.462 e. The number of para-hydroxylation sites is 1. The molecule has 0 spiro atoms. The van der Waals surface area contributed by atoms with Crippen molar-refractivity contribution in [3.8, 4) is 0 Å². The molecule has 1 aromatic rings. The van der Waals surface area contributed by atoms with Crippen LogP contribution in [0.4, 0.5) is 11.4 Å². The number of aliphatic hydroxyl groups excluding tert-OH is 1. The second-order valence-corrected chi connectivity index (χ2v) is 3.21. The maximum absolute atomic E-state index is 11.5. The van der Waals surface area contributed by atoms with E-state index in [1.54, 1.807) is 0 Å². The van der Waals surface area contributed by atoms with Gasteiger partial charge in [-0.2, -0.15) is 0 Å². The lowest BCUT2D eigenvalue weighted by Crippen LogP contribution is -2.11. The van der Waals surface area contributed by atoms with Crippen molar-refractivity contribution in [3.63, 3.8) is 0 Å². The maximum Gasteiger partial charge on any atom is 0.345 e. The highest BCUT2D eigenvalue weighted by molar-refractivity contribution is 5.96. The van der Waals surface area contributed by atoms with Gasteiger partial charge >= 0.3 is 11.7 Å². The van der Waals surface area contributed by atoms with Crippen molar-refractivity contribution in [2.45, 2.75) is 6.42 Å². The van der Waals surface area contributed by atoms with Crippen LogP contribution in [0, 0.1) is 10.1 Å². The van der Waals surface area contributed by atoms with Gasteiger partial charge in [0.1, 0.15) is 11.3 Å². The number of rotatable bonds is 5. The van der Waals surface area contributed by atoms with Crippen molar-refractivity contribution >= 4 is 17.3 Å². The smallest absolute Gasteiger partial charge is 0.345 e. The van der Waals surface area contributed by atoms with E-state index in [2.05, 4.69) is 0 Å². The molecule has 3 N–H and O–H groups in total. The summed E-state index contributed by atoms with van der Waals surface area (Å²) < 4.78 is 4.76. The van der Waals surface area contributed by atoms with Crippen LogP contribution in [0.1, 0.15) is 16.8 Å². The molecule has 7 nitrogen and oxygen atoms in total. The third-order valence-corrected chi connectivity index (χ3v) is 2.01. The number of esters is 1. The molecule has 0 amide bonds. The van der Waals surface area contributed by atoms with E-state index in [4.69, 9.17) is 15.6 Å². The van der Waals surface area contributed by atoms with Gasteiger partial charge in [0.2, 0.25) is 0 Å². The molecule has 0 fully saturated rings. The molecule has 17 heavy (non-hydrogen) atoms. The van der Waals surface area contributed by atoms with Crippen molar-refractivity contribution < 1.29 is 19.6 Å². The number of carbonyl (C=O) groups excluding carboxylic acids is 1. The normalized spacial score (nSPS) is 9.94. The Morgan fingerprint density at radius 1 is 1.53 bits per heavy atom. The van der Waals surface area contributed by atoms with Crippen molar-refractivity contribution in [2.75, 3.05) is 18.9 Å². The summed E-state index contributed by atoms with van der Waals surface area (Å²) in [5.41, 5.74) is 4.69. The van der Waals surface area contributed by atoms with E-state index in [0.29, 0.717) is 0 Å². The zero-order valence-electron chi connectivity index (χ0n) is 8.96. The fraction of sp³-hybridized carbons (Fsp3) is 0.300. The lowest BCUT2D eigenvalue weighted by atomic mass is 10.1. The number of benzene rings is 1. The average molecular weight is 240 g/mol. The number of nitro groups is 1. The first-order chi connectivity index (χ1) is 8.07. The molecule has 92 valence electrons. The molecule has 0 atom stereocenters. The van der Waals surface area contributed by atoms with E-state index >= 15 is 0 Å². The quantitative estimate of drug-likeness (QED) is 0.257. The Labute approximate surface area is 97.0 Å². The summed E-state index contributed by atoms with van der Waals surface area (Å²) in [6.07, 6.45) is 0.280. The highest BCUT2D eigenvalue weighted by Gasteiger charge is 2.23. The molecular weight excluding hydrogens is 228 g/mol. The van der Waals surface area contributed by atoms with E-state index in [1.165, 1.54) is 18.2 Å². The van der Waals surface area contributed by atoms with Crippen LogP contribution in [-0.2, 0) is 4.74 Å². The van der Waals surface area contributed by atoms with Crippen molar-refractivity contribution in [1.29, 1.82) is 0 Å². The summed E-state index contributed by atoms with van der Waals surface area (Å²) >= 11 is 0. The molecular formula is C10H12N2O5. The Bertz CT molecular complexity index is 433. The van der Waals surface area contributed by atoms with Gasteiger partial charge in [0.15, 0.2) is 0 Å². The Morgan fingerprint density at radius 2 is 2.24 bits per heavy atom. The second-order valence-electron chi connectivity index (χ2n) is 3.21. The second kappa shape index (κ2) is 5.80. The molecule has 0 radical (unpaired) electrons. The lowest BCUT2D eigenvalue weighted by molar-refractivity contribution is -0.384. The van der Waals surface area contributed by atoms with Crippen LogP contribution in [0.15, 0.2) is 18.2 Å². The number of aliphatic hydroxyl groups is 1. The maximum atomic E-state index is 11.5. The summed E-state index contributed by atoms with van der Waals surface area (Å²) in [6.45, 7) is -0.117. The number of hydrogen-bond acceptors (Lipinski definition) is 6. The molecule has 1 rings (SSSR count). The van der Waals surface area contributed by atoms with Crippen LogP contribution in [0.5, 0.6) is 0 Å². The molecule has 0 heterocycles. The number of anilines is 1. The van der Waals surface area contributed by atoms with Gasteiger partial charge in [-0.05, 0) is 12.1 Å². The van der Waals surface area contributed by atoms with Gasteiger partial charge in [0.05, 0.1) is 11.5 Å². The van der Waals surface area contributed by atoms with Crippen LogP contribution < -0.4 is 5.73 Å². The van der Waals surface area contributed by atoms with Crippen molar-refractivity contribution in [3.05, 3.63) is 33.9 Å². The fourth-order valence-corrected chi connectivity index (χ4v) is 1.24. The molecule has 1 aromatic carbocycles. The predicted octanol–water partition coefficient (Wildman–Crippen LogP) is 0.716. The molecule has 0 unspecified atom stereocenters. The van der Waals surface area contributed by atoms with Crippen LogP contribution in [0.25, 0.3) is 0 Å². The summed E-state index contributed by atoms with van der Waals surface area (Å²) in [4.78, 5) is 21.6. The predicted molar refractivity (Wildman–Crippen MR) is 59.5 cm³/mol. The van der Waals surface area contributed by atoms with E-state index in [0.717, 1.165) is 0 Å². The molecule has 0 aliphatic rings. The van der Waals surface area contributed by atoms with Gasteiger partial charge in [0.25, 0.3) is 0 Å². The number of nitrogens with two attached hydrogens (primary N) is 1. The Morgan fingerprint density at radius 3 is 2.82 bits per heavy atom. The first-order valence-corrected chi connectivity index (χ1v) is 4.88. The summed E-state index contributed by atoms with van der Waals surface area (Å²) in [7, 11) is 0. The van der Waals surface area contributed by atoms with Crippen LogP contribution in [0.3, 0.4) is 0 Å². The fourth-order valence-electron chi connectivity index (χ4n) is 1.24. The number of nitrogen functional groups attached to an aromatic ring is 1. The van der Waals surface area contributed by atoms with Crippen molar-refractivity contribution in [2.24, 2.45) is 0 Å². The number of hydrogen-bond donors (Lipinski definition) is 2. The van der Waals surface area contributed by atoms with Crippen molar-refractivity contribution in [1.82, 2.24) is 0 Å². The third kappa shape index (κ3) is 3.15. The number of carbonyl (C=O) groups is 1. The lowest BCUT2D eigenvalue weighted by Gasteiger charge is -2.05. The van der Waals surface area contributed by atoms with Gasteiger partial charge in [0, 0.05) is 13.0 Å². The molecule has 0 aromatic heterocycles. The minimum absolute atomic E-state index is 0.00128. The highest BCUT2D eigenvalue weighted by Crippen LogP contribution is 2.26. The summed E-state index contributed by atoms with van der Waals surface area (Å²) in [6, 6.07) is 4.05. The Kier molecular flexibility index (Phi) is 4.41. The van der Waals surface area contributed by atoms with Crippen LogP contribution >= 0.6 is 0 Å². The molecule has 0 bridgehead atoms. The zero-order chi connectivity index (χ0) is 12.8. The molecule has 0 aliphatic heterocycles.